The summed E-state index contributed by atoms with van der Waals surface area (Å²) in [4.78, 5) is 0. The van der Waals surface area contributed by atoms with Gasteiger partial charge >= 0.3 is 0 Å². The molecule has 1 unspecified atom stereocenters. The second-order valence-corrected chi connectivity index (χ2v) is 4.19. The van der Waals surface area contributed by atoms with Crippen LogP contribution in [0.1, 0.15) is 49.9 Å². The van der Waals surface area contributed by atoms with Gasteiger partial charge in [0.2, 0.25) is 0 Å². The summed E-state index contributed by atoms with van der Waals surface area (Å²) in [5.41, 5.74) is 2.38. The Kier molecular flexibility index (Phi) is 2.58. The average Bonchev–Trinajstić information content (AvgIpc) is 2.42. The van der Waals surface area contributed by atoms with Crippen LogP contribution in [0.2, 0.25) is 0 Å². The largest absolute Gasteiger partial charge is 0.193 e. The van der Waals surface area contributed by atoms with Crippen molar-refractivity contribution in [1.29, 1.82) is 0 Å². The van der Waals surface area contributed by atoms with E-state index >= 15 is 0 Å². The van der Waals surface area contributed by atoms with E-state index in [1.807, 2.05) is 0 Å². The molecule has 0 radical (unpaired) electrons. The van der Waals surface area contributed by atoms with Crippen molar-refractivity contribution in [3.05, 3.63) is 11.4 Å². The molecular formula is C9H15N3S. The Morgan fingerprint density at radius 3 is 3.08 bits per heavy atom. The molecule has 13 heavy (non-hydrogen) atoms. The van der Waals surface area contributed by atoms with E-state index in [-0.39, 0.29) is 0 Å². The lowest BCUT2D eigenvalue weighted by Gasteiger charge is -2.15. The zero-order valence-electron chi connectivity index (χ0n) is 7.90. The van der Waals surface area contributed by atoms with Crippen molar-refractivity contribution >= 4 is 12.8 Å². The van der Waals surface area contributed by atoms with Crippen LogP contribution in [0.15, 0.2) is 0 Å². The second kappa shape index (κ2) is 3.70. The zero-order valence-corrected chi connectivity index (χ0v) is 8.80. The summed E-state index contributed by atoms with van der Waals surface area (Å²) in [6.45, 7) is 2.24. The van der Waals surface area contributed by atoms with E-state index in [4.69, 9.17) is 0 Å². The summed E-state index contributed by atoms with van der Waals surface area (Å²) in [7, 11) is 0. The molecule has 2 rings (SSSR count). The SMILES string of the molecule is CC1CCCCCc2nnn(S)c21. The molecule has 0 aliphatic heterocycles. The standard InChI is InChI=1S/C9H15N3S/c1-7-5-3-2-4-6-8-9(7)12(13)11-10-8/h7,13H,2-6H2,1H3. The molecule has 1 heterocycles. The van der Waals surface area contributed by atoms with Crippen molar-refractivity contribution in [2.24, 2.45) is 0 Å². The van der Waals surface area contributed by atoms with Gasteiger partial charge in [0.15, 0.2) is 0 Å². The van der Waals surface area contributed by atoms with Crippen LogP contribution in [0.3, 0.4) is 0 Å². The molecule has 1 aliphatic rings. The third-order valence-electron chi connectivity index (χ3n) is 2.78. The third-order valence-corrected chi connectivity index (χ3v) is 3.07. The van der Waals surface area contributed by atoms with Gasteiger partial charge in [0.05, 0.1) is 11.4 Å². The first-order valence-electron chi connectivity index (χ1n) is 4.93. The molecule has 1 aliphatic carbocycles. The van der Waals surface area contributed by atoms with Crippen LogP contribution in [-0.4, -0.2) is 14.4 Å². The number of hydrogen-bond donors (Lipinski definition) is 1. The molecule has 4 heteroatoms. The minimum Gasteiger partial charge on any atom is -0.193 e. The van der Waals surface area contributed by atoms with Crippen LogP contribution in [0.25, 0.3) is 0 Å². The molecule has 1 aromatic heterocycles. The Labute approximate surface area is 84.1 Å². The fourth-order valence-corrected chi connectivity index (χ4v) is 2.38. The van der Waals surface area contributed by atoms with Crippen molar-refractivity contribution in [3.8, 4) is 0 Å². The second-order valence-electron chi connectivity index (χ2n) is 3.81. The molecule has 0 fully saturated rings. The zero-order chi connectivity index (χ0) is 9.26. The maximum absolute atomic E-state index is 4.27. The summed E-state index contributed by atoms with van der Waals surface area (Å²) in [6, 6.07) is 0. The van der Waals surface area contributed by atoms with Gasteiger partial charge in [-0.15, -0.1) is 5.10 Å². The van der Waals surface area contributed by atoms with Gasteiger partial charge in [0, 0.05) is 5.92 Å². The van der Waals surface area contributed by atoms with Crippen LogP contribution in [0.4, 0.5) is 0 Å². The quantitative estimate of drug-likeness (QED) is 0.646. The Morgan fingerprint density at radius 1 is 1.38 bits per heavy atom. The lowest BCUT2D eigenvalue weighted by molar-refractivity contribution is 0.546. The number of nitrogens with zero attached hydrogens (tertiary/aromatic N) is 3. The number of hydrogen-bond acceptors (Lipinski definition) is 3. The van der Waals surface area contributed by atoms with E-state index in [1.165, 1.54) is 31.4 Å². The summed E-state index contributed by atoms with van der Waals surface area (Å²) in [5, 5.41) is 8.11. The molecule has 0 saturated carbocycles. The van der Waals surface area contributed by atoms with Crippen molar-refractivity contribution in [3.63, 3.8) is 0 Å². The molecule has 0 saturated heterocycles. The van der Waals surface area contributed by atoms with Gasteiger partial charge in [-0.25, -0.2) is 0 Å². The van der Waals surface area contributed by atoms with Gasteiger partial charge in [-0.3, -0.25) is 0 Å². The first-order valence-corrected chi connectivity index (χ1v) is 5.33. The Hall–Kier alpha value is -0.510. The summed E-state index contributed by atoms with van der Waals surface area (Å²) >= 11 is 4.27. The summed E-state index contributed by atoms with van der Waals surface area (Å²) in [6.07, 6.45) is 6.19. The fourth-order valence-electron chi connectivity index (χ4n) is 2.03. The highest BCUT2D eigenvalue weighted by Gasteiger charge is 2.19. The van der Waals surface area contributed by atoms with E-state index < -0.39 is 0 Å². The molecule has 0 amide bonds. The molecule has 1 atom stereocenters. The Balaban J connectivity index is 2.34. The molecule has 72 valence electrons. The smallest absolute Gasteiger partial charge is 0.0873 e. The highest BCUT2D eigenvalue weighted by atomic mass is 32.1. The lowest BCUT2D eigenvalue weighted by Crippen LogP contribution is -2.05. The van der Waals surface area contributed by atoms with Gasteiger partial charge < -0.3 is 0 Å². The average molecular weight is 197 g/mol. The van der Waals surface area contributed by atoms with Crippen molar-refractivity contribution in [2.45, 2.75) is 44.9 Å². The van der Waals surface area contributed by atoms with Crippen LogP contribution < -0.4 is 0 Å². The van der Waals surface area contributed by atoms with E-state index in [2.05, 4.69) is 30.1 Å². The molecular weight excluding hydrogens is 182 g/mol. The van der Waals surface area contributed by atoms with E-state index in [9.17, 15) is 0 Å². The van der Waals surface area contributed by atoms with Gasteiger partial charge in [-0.2, -0.15) is 4.09 Å². The first-order chi connectivity index (χ1) is 6.29. The Morgan fingerprint density at radius 2 is 2.23 bits per heavy atom. The van der Waals surface area contributed by atoms with E-state index in [0.717, 1.165) is 12.1 Å². The molecule has 0 bridgehead atoms. The monoisotopic (exact) mass is 197 g/mol. The molecule has 3 nitrogen and oxygen atoms in total. The first kappa shape index (κ1) is 9.06. The number of thiol groups is 1. The Bertz CT molecular complexity index is 295. The minimum absolute atomic E-state index is 0.558. The predicted molar refractivity (Wildman–Crippen MR) is 55.0 cm³/mol. The van der Waals surface area contributed by atoms with Crippen LogP contribution in [-0.2, 0) is 6.42 Å². The molecule has 0 N–H and O–H groups in total. The highest BCUT2D eigenvalue weighted by molar-refractivity contribution is 7.78. The van der Waals surface area contributed by atoms with Crippen LogP contribution >= 0.6 is 12.8 Å². The molecule has 0 aromatic carbocycles. The van der Waals surface area contributed by atoms with E-state index in [1.54, 1.807) is 4.09 Å². The summed E-state index contributed by atoms with van der Waals surface area (Å²) < 4.78 is 1.64. The van der Waals surface area contributed by atoms with Crippen molar-refractivity contribution < 1.29 is 0 Å². The van der Waals surface area contributed by atoms with Gasteiger partial charge in [0.1, 0.15) is 0 Å². The highest BCUT2D eigenvalue weighted by Crippen LogP contribution is 2.28. The van der Waals surface area contributed by atoms with Gasteiger partial charge in [-0.05, 0) is 32.1 Å². The number of aryl methyl sites for hydroxylation is 1. The van der Waals surface area contributed by atoms with E-state index in [0.29, 0.717) is 5.92 Å². The fraction of sp³-hybridized carbons (Fsp3) is 0.778. The maximum atomic E-state index is 4.27. The topological polar surface area (TPSA) is 30.7 Å². The molecule has 1 aromatic rings. The summed E-state index contributed by atoms with van der Waals surface area (Å²) in [5.74, 6) is 0.558. The van der Waals surface area contributed by atoms with Gasteiger partial charge in [-0.1, -0.05) is 25.0 Å². The normalized spacial score (nSPS) is 23.4. The van der Waals surface area contributed by atoms with Crippen LogP contribution in [0, 0.1) is 0 Å². The van der Waals surface area contributed by atoms with Crippen molar-refractivity contribution in [2.75, 3.05) is 0 Å². The number of rotatable bonds is 0. The lowest BCUT2D eigenvalue weighted by atomic mass is 9.93. The van der Waals surface area contributed by atoms with Crippen LogP contribution in [0.5, 0.6) is 0 Å². The number of aromatic nitrogens is 3. The van der Waals surface area contributed by atoms with Crippen molar-refractivity contribution in [1.82, 2.24) is 14.4 Å². The number of fused-ring (bicyclic) bond motifs is 1. The third kappa shape index (κ3) is 1.73. The predicted octanol–water partition coefficient (Wildman–Crippen LogP) is 2.19. The maximum Gasteiger partial charge on any atom is 0.0873 e. The minimum atomic E-state index is 0.558. The van der Waals surface area contributed by atoms with Gasteiger partial charge in [0.25, 0.3) is 0 Å². The molecule has 0 spiro atoms.